The monoisotopic (exact) mass is 283 g/mol. The molecule has 6 heteroatoms. The van der Waals surface area contributed by atoms with E-state index in [1.165, 1.54) is 0 Å². The van der Waals surface area contributed by atoms with Crippen molar-refractivity contribution in [2.75, 3.05) is 6.61 Å². The van der Waals surface area contributed by atoms with Crippen molar-refractivity contribution >= 4 is 23.7 Å². The SMILES string of the molecule is O=C(O)CCC1COC(=O)N1Cc1ccc(Cl)cc1. The summed E-state index contributed by atoms with van der Waals surface area (Å²) < 4.78 is 4.97. The molecule has 1 fully saturated rings. The molecule has 1 saturated heterocycles. The molecule has 5 nitrogen and oxygen atoms in total. The van der Waals surface area contributed by atoms with Crippen LogP contribution in [0.15, 0.2) is 24.3 Å². The molecule has 2 rings (SSSR count). The molecule has 0 saturated carbocycles. The van der Waals surface area contributed by atoms with Gasteiger partial charge in [-0.05, 0) is 24.1 Å². The molecule has 0 aliphatic carbocycles. The van der Waals surface area contributed by atoms with Crippen LogP contribution in [-0.2, 0) is 16.1 Å². The first-order chi connectivity index (χ1) is 9.06. The van der Waals surface area contributed by atoms with Crippen molar-refractivity contribution in [1.29, 1.82) is 0 Å². The van der Waals surface area contributed by atoms with Gasteiger partial charge in [-0.2, -0.15) is 0 Å². The van der Waals surface area contributed by atoms with Gasteiger partial charge in [0, 0.05) is 18.0 Å². The van der Waals surface area contributed by atoms with Crippen molar-refractivity contribution in [1.82, 2.24) is 4.90 Å². The van der Waals surface area contributed by atoms with E-state index in [4.69, 9.17) is 21.4 Å². The zero-order valence-electron chi connectivity index (χ0n) is 10.2. The minimum atomic E-state index is -0.870. The number of aliphatic carboxylic acids is 1. The highest BCUT2D eigenvalue weighted by molar-refractivity contribution is 6.30. The van der Waals surface area contributed by atoms with Gasteiger partial charge in [-0.25, -0.2) is 4.79 Å². The van der Waals surface area contributed by atoms with Gasteiger partial charge >= 0.3 is 12.1 Å². The van der Waals surface area contributed by atoms with E-state index >= 15 is 0 Å². The molecule has 0 radical (unpaired) electrons. The number of nitrogens with zero attached hydrogens (tertiary/aromatic N) is 1. The Labute approximate surface area is 115 Å². The number of carboxylic acid groups (broad SMARTS) is 1. The molecule has 1 aromatic rings. The van der Waals surface area contributed by atoms with Crippen molar-refractivity contribution in [2.45, 2.75) is 25.4 Å². The minimum absolute atomic E-state index is 0.0262. The van der Waals surface area contributed by atoms with Crippen molar-refractivity contribution in [3.63, 3.8) is 0 Å². The highest BCUT2D eigenvalue weighted by Crippen LogP contribution is 2.20. The highest BCUT2D eigenvalue weighted by atomic mass is 35.5. The molecule has 0 spiro atoms. The average molecular weight is 284 g/mol. The predicted octanol–water partition coefficient (Wildman–Crippen LogP) is 2.53. The van der Waals surface area contributed by atoms with Gasteiger partial charge in [0.2, 0.25) is 0 Å². The van der Waals surface area contributed by atoms with Crippen LogP contribution in [0.1, 0.15) is 18.4 Å². The molecular formula is C13H14ClNO4. The molecule has 19 heavy (non-hydrogen) atoms. The van der Waals surface area contributed by atoms with Crippen LogP contribution in [0.3, 0.4) is 0 Å². The second kappa shape index (κ2) is 5.93. The van der Waals surface area contributed by atoms with Crippen molar-refractivity contribution in [3.05, 3.63) is 34.9 Å². The Balaban J connectivity index is 2.01. The van der Waals surface area contributed by atoms with Crippen molar-refractivity contribution in [2.24, 2.45) is 0 Å². The maximum atomic E-state index is 11.6. The number of carboxylic acids is 1. The number of carbonyl (C=O) groups excluding carboxylic acids is 1. The first-order valence-electron chi connectivity index (χ1n) is 5.96. The first kappa shape index (κ1) is 13.7. The van der Waals surface area contributed by atoms with Gasteiger partial charge in [0.1, 0.15) is 6.61 Å². The van der Waals surface area contributed by atoms with Crippen LogP contribution >= 0.6 is 11.6 Å². The van der Waals surface area contributed by atoms with Gasteiger partial charge in [-0.3, -0.25) is 9.69 Å². The third-order valence-electron chi connectivity index (χ3n) is 3.03. The van der Waals surface area contributed by atoms with E-state index in [-0.39, 0.29) is 19.1 Å². The standard InChI is InChI=1S/C13H14ClNO4/c14-10-3-1-9(2-4-10)7-15-11(5-6-12(16)17)8-19-13(15)18/h1-4,11H,5-8H2,(H,16,17). The third kappa shape index (κ3) is 3.61. The number of hydrogen-bond acceptors (Lipinski definition) is 3. The smallest absolute Gasteiger partial charge is 0.410 e. The maximum absolute atomic E-state index is 11.6. The zero-order chi connectivity index (χ0) is 13.8. The van der Waals surface area contributed by atoms with Crippen molar-refractivity contribution in [3.8, 4) is 0 Å². The number of amides is 1. The Morgan fingerprint density at radius 3 is 2.74 bits per heavy atom. The van der Waals surface area contributed by atoms with Crippen molar-refractivity contribution < 1.29 is 19.4 Å². The van der Waals surface area contributed by atoms with Crippen LogP contribution in [0, 0.1) is 0 Å². The Kier molecular flexibility index (Phi) is 4.27. The van der Waals surface area contributed by atoms with Crippen LogP contribution in [0.25, 0.3) is 0 Å². The van der Waals surface area contributed by atoms with Crippen LogP contribution in [0.5, 0.6) is 0 Å². The minimum Gasteiger partial charge on any atom is -0.481 e. The summed E-state index contributed by atoms with van der Waals surface area (Å²) in [7, 11) is 0. The zero-order valence-corrected chi connectivity index (χ0v) is 11.0. The van der Waals surface area contributed by atoms with E-state index in [1.807, 2.05) is 12.1 Å². The topological polar surface area (TPSA) is 66.8 Å². The van der Waals surface area contributed by atoms with Gasteiger partial charge in [0.25, 0.3) is 0 Å². The van der Waals surface area contributed by atoms with Crippen LogP contribution < -0.4 is 0 Å². The Hall–Kier alpha value is -1.75. The second-order valence-corrected chi connectivity index (χ2v) is 4.85. The van der Waals surface area contributed by atoms with Crippen LogP contribution in [0.4, 0.5) is 4.79 Å². The summed E-state index contributed by atoms with van der Waals surface area (Å²) in [6.07, 6.45) is 0.0259. The number of halogens is 1. The van der Waals surface area contributed by atoms with Gasteiger partial charge in [-0.15, -0.1) is 0 Å². The molecule has 1 aliphatic heterocycles. The summed E-state index contributed by atoms with van der Waals surface area (Å²) in [6.45, 7) is 0.653. The summed E-state index contributed by atoms with van der Waals surface area (Å²) in [5, 5.41) is 9.32. The number of ether oxygens (including phenoxy) is 1. The van der Waals surface area contributed by atoms with Gasteiger partial charge in [0.05, 0.1) is 6.04 Å². The second-order valence-electron chi connectivity index (χ2n) is 4.42. The molecule has 1 amide bonds. The molecule has 1 aromatic carbocycles. The van der Waals surface area contributed by atoms with E-state index in [1.54, 1.807) is 17.0 Å². The van der Waals surface area contributed by atoms with Gasteiger partial charge in [-0.1, -0.05) is 23.7 Å². The highest BCUT2D eigenvalue weighted by Gasteiger charge is 2.32. The van der Waals surface area contributed by atoms with E-state index in [9.17, 15) is 9.59 Å². The number of carbonyl (C=O) groups is 2. The lowest BCUT2D eigenvalue weighted by Gasteiger charge is -2.20. The maximum Gasteiger partial charge on any atom is 0.410 e. The van der Waals surface area contributed by atoms with E-state index in [0.717, 1.165) is 5.56 Å². The average Bonchev–Trinajstić information content (AvgIpc) is 2.71. The fraction of sp³-hybridized carbons (Fsp3) is 0.385. The molecular weight excluding hydrogens is 270 g/mol. The van der Waals surface area contributed by atoms with E-state index in [2.05, 4.69) is 0 Å². The normalized spacial score (nSPS) is 18.5. The quantitative estimate of drug-likeness (QED) is 0.902. The molecule has 0 bridgehead atoms. The van der Waals surface area contributed by atoms with Crippen LogP contribution in [-0.4, -0.2) is 34.7 Å². The fourth-order valence-corrected chi connectivity index (χ4v) is 2.12. The lowest BCUT2D eigenvalue weighted by molar-refractivity contribution is -0.137. The lowest BCUT2D eigenvalue weighted by atomic mass is 10.1. The summed E-state index contributed by atoms with van der Waals surface area (Å²) in [6, 6.07) is 7.00. The van der Waals surface area contributed by atoms with Gasteiger partial charge < -0.3 is 9.84 Å². The van der Waals surface area contributed by atoms with Gasteiger partial charge in [0.15, 0.2) is 0 Å². The third-order valence-corrected chi connectivity index (χ3v) is 3.28. The summed E-state index contributed by atoms with van der Waals surface area (Å²) in [5.41, 5.74) is 0.934. The molecule has 1 atom stereocenters. The molecule has 102 valence electrons. The van der Waals surface area contributed by atoms with E-state index in [0.29, 0.717) is 18.0 Å². The number of rotatable bonds is 5. The van der Waals surface area contributed by atoms with Crippen LogP contribution in [0.2, 0.25) is 5.02 Å². The largest absolute Gasteiger partial charge is 0.481 e. The Bertz CT molecular complexity index is 474. The molecule has 0 aromatic heterocycles. The molecule has 1 unspecified atom stereocenters. The summed E-state index contributed by atoms with van der Waals surface area (Å²) in [4.78, 5) is 23.8. The predicted molar refractivity (Wildman–Crippen MR) is 69.0 cm³/mol. The lowest BCUT2D eigenvalue weighted by Crippen LogP contribution is -2.33. The molecule has 1 heterocycles. The van der Waals surface area contributed by atoms with E-state index < -0.39 is 12.1 Å². The summed E-state index contributed by atoms with van der Waals surface area (Å²) in [5.74, 6) is -0.870. The molecule has 1 N–H and O–H groups in total. The summed E-state index contributed by atoms with van der Waals surface area (Å²) >= 11 is 5.80. The number of cyclic esters (lactones) is 1. The molecule has 1 aliphatic rings. The Morgan fingerprint density at radius 2 is 2.11 bits per heavy atom. The fourth-order valence-electron chi connectivity index (χ4n) is 2.00. The number of benzene rings is 1. The first-order valence-corrected chi connectivity index (χ1v) is 6.33. The number of hydrogen-bond donors (Lipinski definition) is 1. The Morgan fingerprint density at radius 1 is 1.42 bits per heavy atom.